The molecule has 0 bridgehead atoms. The van der Waals surface area contributed by atoms with Gasteiger partial charge in [0.25, 0.3) is 0 Å². The summed E-state index contributed by atoms with van der Waals surface area (Å²) in [4.78, 5) is 6.43. The molecule has 0 aliphatic rings. The summed E-state index contributed by atoms with van der Waals surface area (Å²) < 4.78 is 13.7. The minimum Gasteiger partial charge on any atom is -0.357 e. The summed E-state index contributed by atoms with van der Waals surface area (Å²) in [6.07, 6.45) is 0. The number of guanidine groups is 1. The van der Waals surface area contributed by atoms with Crippen LogP contribution in [-0.2, 0) is 13.1 Å². The lowest BCUT2D eigenvalue weighted by molar-refractivity contribution is 0.392. The Morgan fingerprint density at radius 3 is 2.40 bits per heavy atom. The summed E-state index contributed by atoms with van der Waals surface area (Å²) in [5, 5.41) is 6.34. The van der Waals surface area contributed by atoms with E-state index in [4.69, 9.17) is 0 Å². The molecule has 0 fully saturated rings. The number of benzene rings is 1. The van der Waals surface area contributed by atoms with Crippen molar-refractivity contribution in [2.75, 3.05) is 27.2 Å². The second-order valence-corrected chi connectivity index (χ2v) is 4.89. The van der Waals surface area contributed by atoms with E-state index in [2.05, 4.69) is 15.6 Å². The predicted octanol–water partition coefficient (Wildman–Crippen LogP) is 1.96. The normalized spacial score (nSPS) is 10.5. The second-order valence-electron chi connectivity index (χ2n) is 4.89. The number of nitrogens with zero attached hydrogens (tertiary/aromatic N) is 2. The van der Waals surface area contributed by atoms with Gasteiger partial charge in [-0.1, -0.05) is 6.07 Å². The SMILES string of the molecule is CCNC(=NCc1ccc(F)c(CN(C)C)c1)NCC. The fourth-order valence-corrected chi connectivity index (χ4v) is 1.87. The summed E-state index contributed by atoms with van der Waals surface area (Å²) in [7, 11) is 3.86. The van der Waals surface area contributed by atoms with Crippen LogP contribution in [0.15, 0.2) is 23.2 Å². The van der Waals surface area contributed by atoms with Crippen LogP contribution in [0.25, 0.3) is 0 Å². The van der Waals surface area contributed by atoms with Crippen LogP contribution in [0.4, 0.5) is 4.39 Å². The molecule has 20 heavy (non-hydrogen) atoms. The molecule has 0 saturated carbocycles. The van der Waals surface area contributed by atoms with Crippen LogP contribution in [0.5, 0.6) is 0 Å². The van der Waals surface area contributed by atoms with E-state index in [-0.39, 0.29) is 5.82 Å². The summed E-state index contributed by atoms with van der Waals surface area (Å²) >= 11 is 0. The fraction of sp³-hybridized carbons (Fsp3) is 0.533. The third kappa shape index (κ3) is 5.57. The molecule has 0 aliphatic heterocycles. The highest BCUT2D eigenvalue weighted by Crippen LogP contribution is 2.13. The second kappa shape index (κ2) is 8.53. The Morgan fingerprint density at radius 1 is 1.20 bits per heavy atom. The Hall–Kier alpha value is -1.62. The summed E-state index contributed by atoms with van der Waals surface area (Å²) in [6, 6.07) is 5.19. The van der Waals surface area contributed by atoms with Crippen LogP contribution < -0.4 is 10.6 Å². The highest BCUT2D eigenvalue weighted by Gasteiger charge is 2.05. The minimum absolute atomic E-state index is 0.162. The molecular formula is C15H25FN4. The Kier molecular flexibility index (Phi) is 7.01. The van der Waals surface area contributed by atoms with E-state index >= 15 is 0 Å². The van der Waals surface area contributed by atoms with Gasteiger partial charge >= 0.3 is 0 Å². The molecule has 0 radical (unpaired) electrons. The van der Waals surface area contributed by atoms with Crippen LogP contribution in [0.2, 0.25) is 0 Å². The average molecular weight is 280 g/mol. The number of rotatable bonds is 6. The number of aliphatic imine (C=N–C) groups is 1. The molecule has 1 rings (SSSR count). The summed E-state index contributed by atoms with van der Waals surface area (Å²) in [5.41, 5.74) is 1.72. The zero-order valence-corrected chi connectivity index (χ0v) is 12.8. The lowest BCUT2D eigenvalue weighted by Gasteiger charge is -2.12. The highest BCUT2D eigenvalue weighted by atomic mass is 19.1. The molecule has 112 valence electrons. The fourth-order valence-electron chi connectivity index (χ4n) is 1.87. The molecule has 2 N–H and O–H groups in total. The molecule has 1 aromatic rings. The van der Waals surface area contributed by atoms with E-state index in [9.17, 15) is 4.39 Å². The van der Waals surface area contributed by atoms with Crippen LogP contribution in [0, 0.1) is 5.82 Å². The third-order valence-corrected chi connectivity index (χ3v) is 2.70. The van der Waals surface area contributed by atoms with E-state index in [1.54, 1.807) is 6.07 Å². The molecule has 0 aromatic heterocycles. The molecular weight excluding hydrogens is 255 g/mol. The smallest absolute Gasteiger partial charge is 0.191 e. The van der Waals surface area contributed by atoms with Crippen molar-refractivity contribution in [2.24, 2.45) is 4.99 Å². The van der Waals surface area contributed by atoms with Crippen LogP contribution in [0.1, 0.15) is 25.0 Å². The third-order valence-electron chi connectivity index (χ3n) is 2.70. The van der Waals surface area contributed by atoms with Gasteiger partial charge in [-0.3, -0.25) is 0 Å². The van der Waals surface area contributed by atoms with Crippen LogP contribution in [0.3, 0.4) is 0 Å². The lowest BCUT2D eigenvalue weighted by atomic mass is 10.1. The van der Waals surface area contributed by atoms with Crippen molar-refractivity contribution < 1.29 is 4.39 Å². The van der Waals surface area contributed by atoms with Gasteiger partial charge in [0.05, 0.1) is 6.54 Å². The number of hydrogen-bond acceptors (Lipinski definition) is 2. The molecule has 0 saturated heterocycles. The first-order chi connectivity index (χ1) is 9.56. The monoisotopic (exact) mass is 280 g/mol. The maximum absolute atomic E-state index is 13.7. The Balaban J connectivity index is 2.78. The summed E-state index contributed by atoms with van der Waals surface area (Å²) in [6.45, 7) is 6.83. The Bertz CT molecular complexity index is 435. The van der Waals surface area contributed by atoms with Crippen molar-refractivity contribution in [2.45, 2.75) is 26.9 Å². The molecule has 0 atom stereocenters. The molecule has 0 aliphatic carbocycles. The van der Waals surface area contributed by atoms with Gasteiger partial charge in [-0.25, -0.2) is 9.38 Å². The zero-order chi connectivity index (χ0) is 15.0. The van der Waals surface area contributed by atoms with Crippen LogP contribution >= 0.6 is 0 Å². The van der Waals surface area contributed by atoms with Gasteiger partial charge in [0.2, 0.25) is 0 Å². The maximum Gasteiger partial charge on any atom is 0.191 e. The molecule has 0 amide bonds. The molecule has 1 aromatic carbocycles. The van der Waals surface area contributed by atoms with Crippen molar-refractivity contribution in [3.05, 3.63) is 35.1 Å². The van der Waals surface area contributed by atoms with Gasteiger partial charge in [-0.15, -0.1) is 0 Å². The topological polar surface area (TPSA) is 39.7 Å². The van der Waals surface area contributed by atoms with Crippen molar-refractivity contribution in [3.63, 3.8) is 0 Å². The number of halogens is 1. The molecule has 0 spiro atoms. The quantitative estimate of drug-likeness (QED) is 0.618. The average Bonchev–Trinajstić information content (AvgIpc) is 2.39. The van der Waals surface area contributed by atoms with Gasteiger partial charge in [0.1, 0.15) is 5.82 Å². The standard InChI is InChI=1S/C15H25FN4/c1-5-17-15(18-6-2)19-10-12-7-8-14(16)13(9-12)11-20(3)4/h7-9H,5-6,10-11H2,1-4H3,(H2,17,18,19). The molecule has 0 heterocycles. The number of hydrogen-bond donors (Lipinski definition) is 2. The van der Waals surface area contributed by atoms with E-state index in [0.717, 1.165) is 24.6 Å². The zero-order valence-electron chi connectivity index (χ0n) is 12.8. The lowest BCUT2D eigenvalue weighted by Crippen LogP contribution is -2.36. The first-order valence-electron chi connectivity index (χ1n) is 7.01. The largest absolute Gasteiger partial charge is 0.357 e. The van der Waals surface area contributed by atoms with E-state index in [1.165, 1.54) is 6.07 Å². The molecule has 5 heteroatoms. The van der Waals surface area contributed by atoms with Crippen molar-refractivity contribution in [3.8, 4) is 0 Å². The predicted molar refractivity (Wildman–Crippen MR) is 82.3 cm³/mol. The Labute approximate surface area is 121 Å². The van der Waals surface area contributed by atoms with Crippen molar-refractivity contribution in [1.82, 2.24) is 15.5 Å². The van der Waals surface area contributed by atoms with E-state index in [1.807, 2.05) is 38.9 Å². The minimum atomic E-state index is -0.162. The molecule has 4 nitrogen and oxygen atoms in total. The van der Waals surface area contributed by atoms with Gasteiger partial charge in [-0.2, -0.15) is 0 Å². The highest BCUT2D eigenvalue weighted by molar-refractivity contribution is 5.79. The van der Waals surface area contributed by atoms with E-state index < -0.39 is 0 Å². The molecule has 0 unspecified atom stereocenters. The van der Waals surface area contributed by atoms with Crippen LogP contribution in [-0.4, -0.2) is 38.0 Å². The van der Waals surface area contributed by atoms with Crippen molar-refractivity contribution in [1.29, 1.82) is 0 Å². The van der Waals surface area contributed by atoms with Gasteiger partial charge in [0.15, 0.2) is 5.96 Å². The Morgan fingerprint density at radius 2 is 1.85 bits per heavy atom. The maximum atomic E-state index is 13.7. The number of nitrogens with one attached hydrogen (secondary N) is 2. The van der Waals surface area contributed by atoms with Gasteiger partial charge in [-0.05, 0) is 45.6 Å². The summed E-state index contributed by atoms with van der Waals surface area (Å²) in [5.74, 6) is 0.624. The first-order valence-corrected chi connectivity index (χ1v) is 7.01. The van der Waals surface area contributed by atoms with Gasteiger partial charge < -0.3 is 15.5 Å². The van der Waals surface area contributed by atoms with E-state index in [0.29, 0.717) is 18.7 Å². The first kappa shape index (κ1) is 16.4. The van der Waals surface area contributed by atoms with Gasteiger partial charge in [0, 0.05) is 25.2 Å². The van der Waals surface area contributed by atoms with Crippen molar-refractivity contribution >= 4 is 5.96 Å².